The second-order valence-electron chi connectivity index (χ2n) is 5.03. The first-order valence-electron chi connectivity index (χ1n) is 6.89. The summed E-state index contributed by atoms with van der Waals surface area (Å²) in [4.78, 5) is 18.5. The number of carbonyl (C=O) groups excluding carboxylic acids is 1. The number of hydrogen-bond donors (Lipinski definition) is 1. The molecule has 0 spiro atoms. The maximum Gasteiger partial charge on any atom is 0.253 e. The van der Waals surface area contributed by atoms with E-state index in [0.717, 1.165) is 25.9 Å². The van der Waals surface area contributed by atoms with Crippen LogP contribution in [0.15, 0.2) is 24.5 Å². The summed E-state index contributed by atoms with van der Waals surface area (Å²) in [6, 6.07) is 4.17. The highest BCUT2D eigenvalue weighted by molar-refractivity contribution is 5.85. The molecule has 3 heterocycles. The second kappa shape index (κ2) is 7.02. The highest BCUT2D eigenvalue weighted by Crippen LogP contribution is 2.32. The molecule has 0 aromatic carbocycles. The lowest BCUT2D eigenvalue weighted by Gasteiger charge is -2.31. The molecule has 6 heteroatoms. The van der Waals surface area contributed by atoms with E-state index in [2.05, 4.69) is 10.3 Å². The molecular formula is C14H20ClN3O2. The Labute approximate surface area is 125 Å². The molecule has 2 aliphatic rings. The van der Waals surface area contributed by atoms with Crippen molar-refractivity contribution in [1.29, 1.82) is 0 Å². The van der Waals surface area contributed by atoms with Crippen LogP contribution in [0.1, 0.15) is 24.4 Å². The van der Waals surface area contributed by atoms with Crippen molar-refractivity contribution in [2.45, 2.75) is 25.0 Å². The fraction of sp³-hybridized carbons (Fsp3) is 0.571. The normalized spacial score (nSPS) is 26.1. The van der Waals surface area contributed by atoms with Gasteiger partial charge in [-0.05, 0) is 30.5 Å². The molecular weight excluding hydrogens is 278 g/mol. The summed E-state index contributed by atoms with van der Waals surface area (Å²) in [5, 5.41) is 3.21. The van der Waals surface area contributed by atoms with Gasteiger partial charge >= 0.3 is 0 Å². The molecule has 0 radical (unpaired) electrons. The van der Waals surface area contributed by atoms with Gasteiger partial charge in [-0.25, -0.2) is 0 Å². The summed E-state index contributed by atoms with van der Waals surface area (Å²) in [5.74, 6) is 0.117. The average Bonchev–Trinajstić information content (AvgIpc) is 2.98. The van der Waals surface area contributed by atoms with Crippen LogP contribution < -0.4 is 5.32 Å². The fourth-order valence-electron chi connectivity index (χ4n) is 2.87. The number of likely N-dealkylation sites (tertiary alicyclic amines) is 1. The van der Waals surface area contributed by atoms with E-state index in [0.29, 0.717) is 13.2 Å². The third-order valence-corrected chi connectivity index (χ3v) is 3.83. The number of hydrogen-bond acceptors (Lipinski definition) is 4. The van der Waals surface area contributed by atoms with Crippen molar-refractivity contribution in [3.05, 3.63) is 30.1 Å². The number of halogens is 1. The molecule has 2 unspecified atom stereocenters. The zero-order valence-electron chi connectivity index (χ0n) is 11.3. The van der Waals surface area contributed by atoms with E-state index in [1.165, 1.54) is 5.56 Å². The molecule has 0 aliphatic carbocycles. The predicted octanol–water partition coefficient (Wildman–Crippen LogP) is 1.16. The van der Waals surface area contributed by atoms with E-state index in [1.807, 2.05) is 17.0 Å². The topological polar surface area (TPSA) is 54.5 Å². The molecule has 2 atom stereocenters. The van der Waals surface area contributed by atoms with Crippen LogP contribution in [0.4, 0.5) is 0 Å². The van der Waals surface area contributed by atoms with Crippen molar-refractivity contribution >= 4 is 18.3 Å². The molecule has 0 bridgehead atoms. The highest BCUT2D eigenvalue weighted by Gasteiger charge is 2.34. The molecule has 1 N–H and O–H groups in total. The number of pyridine rings is 1. The van der Waals surface area contributed by atoms with Gasteiger partial charge in [-0.2, -0.15) is 0 Å². The van der Waals surface area contributed by atoms with Gasteiger partial charge in [0.1, 0.15) is 6.10 Å². The zero-order chi connectivity index (χ0) is 13.1. The van der Waals surface area contributed by atoms with Crippen LogP contribution in [-0.2, 0) is 9.53 Å². The second-order valence-corrected chi connectivity index (χ2v) is 5.03. The van der Waals surface area contributed by atoms with Gasteiger partial charge in [0, 0.05) is 32.0 Å². The summed E-state index contributed by atoms with van der Waals surface area (Å²) >= 11 is 0. The Morgan fingerprint density at radius 3 is 2.90 bits per heavy atom. The van der Waals surface area contributed by atoms with Gasteiger partial charge in [-0.1, -0.05) is 0 Å². The monoisotopic (exact) mass is 297 g/mol. The van der Waals surface area contributed by atoms with Crippen molar-refractivity contribution in [2.75, 3.05) is 26.2 Å². The molecule has 1 amide bonds. The van der Waals surface area contributed by atoms with Gasteiger partial charge in [-0.15, -0.1) is 12.4 Å². The molecule has 110 valence electrons. The average molecular weight is 298 g/mol. The fourth-order valence-corrected chi connectivity index (χ4v) is 2.87. The van der Waals surface area contributed by atoms with Crippen LogP contribution in [-0.4, -0.2) is 48.1 Å². The Bertz CT molecular complexity index is 437. The number of rotatable bonds is 2. The van der Waals surface area contributed by atoms with Gasteiger partial charge in [0.05, 0.1) is 12.6 Å². The van der Waals surface area contributed by atoms with E-state index >= 15 is 0 Å². The molecule has 1 aromatic rings. The standard InChI is InChI=1S/C14H19N3O2.ClH/c18-14(13-10-16-7-9-19-13)17-8-1-2-12(17)11-3-5-15-6-4-11;/h3-6,12-13,16H,1-2,7-10H2;1H. The maximum atomic E-state index is 12.5. The van der Waals surface area contributed by atoms with Crippen LogP contribution >= 0.6 is 12.4 Å². The van der Waals surface area contributed by atoms with Crippen molar-refractivity contribution in [2.24, 2.45) is 0 Å². The van der Waals surface area contributed by atoms with Gasteiger partial charge in [0.15, 0.2) is 0 Å². The first-order valence-corrected chi connectivity index (χ1v) is 6.89. The summed E-state index contributed by atoms with van der Waals surface area (Å²) in [6.07, 6.45) is 5.33. The van der Waals surface area contributed by atoms with Gasteiger partial charge in [0.2, 0.25) is 0 Å². The summed E-state index contributed by atoms with van der Waals surface area (Å²) in [6.45, 7) is 2.89. The number of nitrogens with one attached hydrogen (secondary N) is 1. The Morgan fingerprint density at radius 2 is 2.20 bits per heavy atom. The lowest BCUT2D eigenvalue weighted by atomic mass is 10.1. The van der Waals surface area contributed by atoms with Crippen molar-refractivity contribution in [3.8, 4) is 0 Å². The lowest BCUT2D eigenvalue weighted by Crippen LogP contribution is -2.49. The number of amides is 1. The third-order valence-electron chi connectivity index (χ3n) is 3.83. The summed E-state index contributed by atoms with van der Waals surface area (Å²) in [5.41, 5.74) is 1.17. The first kappa shape index (κ1) is 15.2. The molecule has 20 heavy (non-hydrogen) atoms. The van der Waals surface area contributed by atoms with Gasteiger partial charge in [-0.3, -0.25) is 9.78 Å². The van der Waals surface area contributed by atoms with Crippen LogP contribution in [0.2, 0.25) is 0 Å². The van der Waals surface area contributed by atoms with Crippen LogP contribution in [0.25, 0.3) is 0 Å². The van der Waals surface area contributed by atoms with E-state index in [1.54, 1.807) is 12.4 Å². The smallest absolute Gasteiger partial charge is 0.253 e. The molecule has 2 fully saturated rings. The molecule has 2 aliphatic heterocycles. The summed E-state index contributed by atoms with van der Waals surface area (Å²) < 4.78 is 5.57. The summed E-state index contributed by atoms with van der Waals surface area (Å²) in [7, 11) is 0. The minimum absolute atomic E-state index is 0. The van der Waals surface area contributed by atoms with Gasteiger partial charge in [0.25, 0.3) is 5.91 Å². The maximum absolute atomic E-state index is 12.5. The van der Waals surface area contributed by atoms with E-state index in [-0.39, 0.29) is 30.5 Å². The lowest BCUT2D eigenvalue weighted by molar-refractivity contribution is -0.146. The Balaban J connectivity index is 0.00000147. The van der Waals surface area contributed by atoms with Crippen LogP contribution in [0.5, 0.6) is 0 Å². The minimum Gasteiger partial charge on any atom is -0.366 e. The van der Waals surface area contributed by atoms with E-state index < -0.39 is 0 Å². The molecule has 3 rings (SSSR count). The largest absolute Gasteiger partial charge is 0.366 e. The van der Waals surface area contributed by atoms with Crippen LogP contribution in [0.3, 0.4) is 0 Å². The Hall–Kier alpha value is -1.17. The number of aromatic nitrogens is 1. The zero-order valence-corrected chi connectivity index (χ0v) is 12.1. The molecule has 5 nitrogen and oxygen atoms in total. The SMILES string of the molecule is Cl.O=C(C1CNCCO1)N1CCCC1c1ccncc1. The minimum atomic E-state index is -0.323. The molecule has 0 saturated carbocycles. The Kier molecular flexibility index (Phi) is 5.34. The van der Waals surface area contributed by atoms with Crippen molar-refractivity contribution < 1.29 is 9.53 Å². The number of nitrogens with zero attached hydrogens (tertiary/aromatic N) is 2. The van der Waals surface area contributed by atoms with E-state index in [4.69, 9.17) is 4.74 Å². The first-order chi connectivity index (χ1) is 9.36. The molecule has 2 saturated heterocycles. The number of morpholine rings is 1. The quantitative estimate of drug-likeness (QED) is 0.890. The van der Waals surface area contributed by atoms with Crippen LogP contribution in [0, 0.1) is 0 Å². The predicted molar refractivity (Wildman–Crippen MR) is 77.8 cm³/mol. The van der Waals surface area contributed by atoms with Crippen molar-refractivity contribution in [1.82, 2.24) is 15.2 Å². The van der Waals surface area contributed by atoms with Gasteiger partial charge < -0.3 is 15.0 Å². The number of carbonyl (C=O) groups is 1. The molecule has 1 aromatic heterocycles. The van der Waals surface area contributed by atoms with E-state index in [9.17, 15) is 4.79 Å². The highest BCUT2D eigenvalue weighted by atomic mass is 35.5. The number of ether oxygens (including phenoxy) is 1. The Morgan fingerprint density at radius 1 is 1.40 bits per heavy atom. The third kappa shape index (κ3) is 3.11. The van der Waals surface area contributed by atoms with Crippen molar-refractivity contribution in [3.63, 3.8) is 0 Å².